The molecule has 2 aliphatic carbocycles. The fourth-order valence-electron chi connectivity index (χ4n) is 5.27. The van der Waals surface area contributed by atoms with Crippen molar-refractivity contribution < 1.29 is 18.0 Å². The average Bonchev–Trinajstić information content (AvgIpc) is 3.57. The summed E-state index contributed by atoms with van der Waals surface area (Å²) < 4.78 is 40.5. The van der Waals surface area contributed by atoms with Gasteiger partial charge in [0.2, 0.25) is 5.95 Å². The van der Waals surface area contributed by atoms with E-state index >= 15 is 0 Å². The van der Waals surface area contributed by atoms with Gasteiger partial charge in [-0.05, 0) is 62.8 Å². The number of nitrogens with one attached hydrogen (secondary N) is 3. The summed E-state index contributed by atoms with van der Waals surface area (Å²) in [5.41, 5.74) is 6.88. The van der Waals surface area contributed by atoms with Gasteiger partial charge in [-0.15, -0.1) is 24.8 Å². The van der Waals surface area contributed by atoms with Crippen LogP contribution in [0, 0.1) is 0 Å². The molecule has 2 heterocycles. The van der Waals surface area contributed by atoms with Crippen LogP contribution in [0.3, 0.4) is 0 Å². The number of fused-ring (bicyclic) bond motifs is 1. The number of carbonyl (C=O) groups excluding carboxylic acids is 1. The van der Waals surface area contributed by atoms with Gasteiger partial charge in [0.05, 0.1) is 11.9 Å². The summed E-state index contributed by atoms with van der Waals surface area (Å²) in [6, 6.07) is 5.02. The van der Waals surface area contributed by atoms with E-state index in [9.17, 15) is 18.0 Å². The lowest BCUT2D eigenvalue weighted by atomic mass is 9.92. The minimum atomic E-state index is -4.44. The van der Waals surface area contributed by atoms with Crippen LogP contribution in [0.15, 0.2) is 30.6 Å². The molecule has 0 aliphatic heterocycles. The first-order chi connectivity index (χ1) is 18.3. The van der Waals surface area contributed by atoms with Gasteiger partial charge in [0.1, 0.15) is 0 Å². The zero-order chi connectivity index (χ0) is 26.7. The summed E-state index contributed by atoms with van der Waals surface area (Å²) >= 11 is 0. The van der Waals surface area contributed by atoms with Crippen LogP contribution in [-0.4, -0.2) is 50.6 Å². The number of imidazole rings is 1. The summed E-state index contributed by atoms with van der Waals surface area (Å²) in [5, 5.41) is 9.47. The first-order valence-electron chi connectivity index (χ1n) is 13.2. The van der Waals surface area contributed by atoms with Gasteiger partial charge in [0.25, 0.3) is 5.91 Å². The third kappa shape index (κ3) is 7.46. The molecule has 2 fully saturated rings. The Kier molecular flexibility index (Phi) is 10.8. The van der Waals surface area contributed by atoms with Crippen molar-refractivity contribution in [2.45, 2.75) is 75.7 Å². The molecule has 0 saturated heterocycles. The number of alkyl halides is 3. The average molecular weight is 604 g/mol. The van der Waals surface area contributed by atoms with E-state index in [-0.39, 0.29) is 49.0 Å². The standard InChI is InChI=1S/C26H33F3N8O.2ClH/c27-26(28,29)17-7-5-16(6-8-17)24(38)32-14-13-31-22-21-23(37(15-33-21)20-3-1-2-4-20)36-25(35-22)34-19-11-9-18(30)10-12-19;;/h5-8,15,18-20H,1-4,9-14,30H2,(H,32,38)(H2,31,34,35,36);2*1H/t18-,19-;;. The van der Waals surface area contributed by atoms with Gasteiger partial charge in [-0.2, -0.15) is 23.1 Å². The maximum absolute atomic E-state index is 12.8. The highest BCUT2D eigenvalue weighted by molar-refractivity contribution is 5.94. The Morgan fingerprint density at radius 3 is 2.30 bits per heavy atom. The van der Waals surface area contributed by atoms with Crippen molar-refractivity contribution in [3.05, 3.63) is 41.7 Å². The maximum Gasteiger partial charge on any atom is 0.416 e. The summed E-state index contributed by atoms with van der Waals surface area (Å²) in [6.07, 6.45) is 5.80. The van der Waals surface area contributed by atoms with Crippen molar-refractivity contribution in [3.8, 4) is 0 Å². The summed E-state index contributed by atoms with van der Waals surface area (Å²) in [5.74, 6) is 0.663. The summed E-state index contributed by atoms with van der Waals surface area (Å²) in [7, 11) is 0. The number of anilines is 2. The number of rotatable bonds is 8. The van der Waals surface area contributed by atoms with Crippen LogP contribution in [0.4, 0.5) is 24.9 Å². The third-order valence-electron chi connectivity index (χ3n) is 7.42. The van der Waals surface area contributed by atoms with Gasteiger partial charge >= 0.3 is 6.18 Å². The van der Waals surface area contributed by atoms with Crippen molar-refractivity contribution in [1.82, 2.24) is 24.8 Å². The lowest BCUT2D eigenvalue weighted by Crippen LogP contribution is -2.33. The molecule has 5 rings (SSSR count). The number of aromatic nitrogens is 4. The molecular weight excluding hydrogens is 568 g/mol. The first kappa shape index (κ1) is 31.7. The van der Waals surface area contributed by atoms with E-state index in [0.29, 0.717) is 29.9 Å². The Bertz CT molecular complexity index is 1260. The maximum atomic E-state index is 12.8. The van der Waals surface area contributed by atoms with Crippen LogP contribution >= 0.6 is 24.8 Å². The van der Waals surface area contributed by atoms with E-state index in [0.717, 1.165) is 56.3 Å². The van der Waals surface area contributed by atoms with Crippen molar-refractivity contribution in [1.29, 1.82) is 0 Å². The number of amides is 1. The third-order valence-corrected chi connectivity index (χ3v) is 7.42. The Balaban J connectivity index is 0.00000220. The normalized spacial score (nSPS) is 19.5. The van der Waals surface area contributed by atoms with Gasteiger partial charge in [-0.1, -0.05) is 12.8 Å². The smallest absolute Gasteiger partial charge is 0.366 e. The largest absolute Gasteiger partial charge is 0.416 e. The molecule has 1 amide bonds. The van der Waals surface area contributed by atoms with Crippen LogP contribution in [0.1, 0.15) is 73.3 Å². The molecule has 0 unspecified atom stereocenters. The Hall–Kier alpha value is -2.83. The highest BCUT2D eigenvalue weighted by Crippen LogP contribution is 2.33. The fourth-order valence-corrected chi connectivity index (χ4v) is 5.27. The zero-order valence-electron chi connectivity index (χ0n) is 21.9. The SMILES string of the molecule is Cl.Cl.N[C@H]1CC[C@H](Nc2nc(NCCNC(=O)c3ccc(C(F)(F)F)cc3)c3ncn(C4CCCC4)c3n2)CC1. The molecule has 220 valence electrons. The molecule has 0 bridgehead atoms. The van der Waals surface area contributed by atoms with E-state index in [1.165, 1.54) is 25.0 Å². The molecule has 40 heavy (non-hydrogen) atoms. The molecule has 2 aliphatic rings. The molecule has 0 radical (unpaired) electrons. The monoisotopic (exact) mass is 602 g/mol. The molecule has 14 heteroatoms. The Morgan fingerprint density at radius 2 is 1.65 bits per heavy atom. The molecule has 0 atom stereocenters. The van der Waals surface area contributed by atoms with Gasteiger partial charge in [0, 0.05) is 36.8 Å². The van der Waals surface area contributed by atoms with Crippen molar-refractivity contribution in [2.75, 3.05) is 23.7 Å². The molecule has 9 nitrogen and oxygen atoms in total. The molecule has 2 aromatic heterocycles. The van der Waals surface area contributed by atoms with Crippen LogP contribution in [0.5, 0.6) is 0 Å². The zero-order valence-corrected chi connectivity index (χ0v) is 23.5. The number of nitrogens with zero attached hydrogens (tertiary/aromatic N) is 4. The van der Waals surface area contributed by atoms with Gasteiger partial charge in [-0.3, -0.25) is 4.79 Å². The van der Waals surface area contributed by atoms with E-state index in [4.69, 9.17) is 15.7 Å². The second kappa shape index (κ2) is 13.7. The molecule has 5 N–H and O–H groups in total. The minimum Gasteiger partial charge on any atom is -0.366 e. The van der Waals surface area contributed by atoms with Gasteiger partial charge in [-0.25, -0.2) is 4.98 Å². The van der Waals surface area contributed by atoms with Crippen molar-refractivity contribution in [3.63, 3.8) is 0 Å². The number of carbonyl (C=O) groups is 1. The Morgan fingerprint density at radius 1 is 0.975 bits per heavy atom. The van der Waals surface area contributed by atoms with Crippen LogP contribution in [-0.2, 0) is 6.18 Å². The predicted molar refractivity (Wildman–Crippen MR) is 153 cm³/mol. The van der Waals surface area contributed by atoms with E-state index in [1.807, 2.05) is 6.33 Å². The van der Waals surface area contributed by atoms with Crippen LogP contribution in [0.2, 0.25) is 0 Å². The second-order valence-electron chi connectivity index (χ2n) is 10.2. The van der Waals surface area contributed by atoms with E-state index in [2.05, 4.69) is 25.5 Å². The van der Waals surface area contributed by atoms with E-state index < -0.39 is 17.6 Å². The predicted octanol–water partition coefficient (Wildman–Crippen LogP) is 5.33. The quantitative estimate of drug-likeness (QED) is 0.257. The van der Waals surface area contributed by atoms with Crippen LogP contribution in [0.25, 0.3) is 11.2 Å². The summed E-state index contributed by atoms with van der Waals surface area (Å²) in [4.78, 5) is 26.5. The fraction of sp³-hybridized carbons (Fsp3) is 0.538. The number of hydrogen-bond acceptors (Lipinski definition) is 7. The Labute approximate surface area is 243 Å². The lowest BCUT2D eigenvalue weighted by molar-refractivity contribution is -0.137. The van der Waals surface area contributed by atoms with Gasteiger partial charge < -0.3 is 26.3 Å². The highest BCUT2D eigenvalue weighted by Gasteiger charge is 2.30. The summed E-state index contributed by atoms with van der Waals surface area (Å²) in [6.45, 7) is 0.602. The minimum absolute atomic E-state index is 0. The number of nitrogens with two attached hydrogens (primary N) is 1. The lowest BCUT2D eigenvalue weighted by Gasteiger charge is -2.27. The molecule has 3 aromatic rings. The number of hydrogen-bond donors (Lipinski definition) is 4. The number of halogens is 5. The van der Waals surface area contributed by atoms with Crippen molar-refractivity contribution in [2.24, 2.45) is 5.73 Å². The van der Waals surface area contributed by atoms with Crippen molar-refractivity contribution >= 4 is 53.7 Å². The second-order valence-corrected chi connectivity index (χ2v) is 10.2. The molecule has 0 spiro atoms. The molecular formula is C26H35Cl2F3N8O. The van der Waals surface area contributed by atoms with E-state index in [1.54, 1.807) is 0 Å². The van der Waals surface area contributed by atoms with Crippen LogP contribution < -0.4 is 21.7 Å². The molecule has 2 saturated carbocycles. The highest BCUT2D eigenvalue weighted by atomic mass is 35.5. The molecule has 1 aromatic carbocycles. The first-order valence-corrected chi connectivity index (χ1v) is 13.2. The topological polar surface area (TPSA) is 123 Å². The number of benzene rings is 1. The van der Waals surface area contributed by atoms with Gasteiger partial charge in [0.15, 0.2) is 17.0 Å².